The van der Waals surface area contributed by atoms with Crippen molar-refractivity contribution >= 4 is 5.82 Å². The Morgan fingerprint density at radius 2 is 2.31 bits per heavy atom. The molecule has 0 saturated heterocycles. The van der Waals surface area contributed by atoms with Crippen molar-refractivity contribution < 1.29 is 4.74 Å². The lowest BCUT2D eigenvalue weighted by Crippen LogP contribution is -2.33. The number of anilines is 1. The molecule has 0 unspecified atom stereocenters. The molecule has 3 heteroatoms. The van der Waals surface area contributed by atoms with Gasteiger partial charge in [-0.15, -0.1) is 0 Å². The molecule has 1 aromatic heterocycles. The minimum atomic E-state index is 0.347. The van der Waals surface area contributed by atoms with E-state index >= 15 is 0 Å². The van der Waals surface area contributed by atoms with E-state index in [1.54, 1.807) is 13.3 Å². The van der Waals surface area contributed by atoms with Crippen LogP contribution in [0.15, 0.2) is 24.4 Å². The third-order valence-electron chi connectivity index (χ3n) is 2.08. The Hall–Kier alpha value is -1.09. The summed E-state index contributed by atoms with van der Waals surface area (Å²) in [5, 5.41) is 0. The largest absolute Gasteiger partial charge is 0.383 e. The molecule has 0 aliphatic heterocycles. The van der Waals surface area contributed by atoms with Crippen molar-refractivity contribution in [3.63, 3.8) is 0 Å². The lowest BCUT2D eigenvalue weighted by Gasteiger charge is -2.24. The number of rotatable bonds is 4. The predicted molar refractivity (Wildman–Crippen MR) is 54.0 cm³/mol. The van der Waals surface area contributed by atoms with E-state index in [0.29, 0.717) is 12.6 Å². The lowest BCUT2D eigenvalue weighted by molar-refractivity contribution is 0.183. The maximum atomic E-state index is 5.08. The molecule has 0 fully saturated rings. The van der Waals surface area contributed by atoms with Gasteiger partial charge in [0.15, 0.2) is 0 Å². The number of methoxy groups -OCH3 is 1. The van der Waals surface area contributed by atoms with Gasteiger partial charge in [-0.05, 0) is 19.1 Å². The van der Waals surface area contributed by atoms with Crippen LogP contribution < -0.4 is 4.90 Å². The second-order valence-corrected chi connectivity index (χ2v) is 3.10. The highest BCUT2D eigenvalue weighted by Crippen LogP contribution is 2.10. The molecular formula is C10H16N2O. The van der Waals surface area contributed by atoms with E-state index in [1.807, 2.05) is 25.2 Å². The Kier molecular flexibility index (Phi) is 3.71. The molecule has 0 saturated carbocycles. The second-order valence-electron chi connectivity index (χ2n) is 3.10. The summed E-state index contributed by atoms with van der Waals surface area (Å²) in [4.78, 5) is 6.35. The summed E-state index contributed by atoms with van der Waals surface area (Å²) in [6, 6.07) is 6.24. The van der Waals surface area contributed by atoms with Gasteiger partial charge in [-0.3, -0.25) is 0 Å². The van der Waals surface area contributed by atoms with Crippen molar-refractivity contribution in [2.24, 2.45) is 0 Å². The molecule has 13 heavy (non-hydrogen) atoms. The standard InChI is InChI=1S/C10H16N2O/c1-9(8-13-3)12(2)10-6-4-5-7-11-10/h4-7,9H,8H2,1-3H3/t9-/m0/s1. The van der Waals surface area contributed by atoms with Crippen molar-refractivity contribution in [2.75, 3.05) is 25.7 Å². The smallest absolute Gasteiger partial charge is 0.128 e. The predicted octanol–water partition coefficient (Wildman–Crippen LogP) is 1.55. The monoisotopic (exact) mass is 180 g/mol. The Balaban J connectivity index is 2.62. The summed E-state index contributed by atoms with van der Waals surface area (Å²) >= 11 is 0. The van der Waals surface area contributed by atoms with Gasteiger partial charge in [0.25, 0.3) is 0 Å². The van der Waals surface area contributed by atoms with Crippen molar-refractivity contribution in [1.29, 1.82) is 0 Å². The number of aromatic nitrogens is 1. The van der Waals surface area contributed by atoms with E-state index in [1.165, 1.54) is 0 Å². The van der Waals surface area contributed by atoms with Gasteiger partial charge in [0.05, 0.1) is 12.6 Å². The van der Waals surface area contributed by atoms with Gasteiger partial charge < -0.3 is 9.64 Å². The van der Waals surface area contributed by atoms with E-state index in [-0.39, 0.29) is 0 Å². The molecule has 0 N–H and O–H groups in total. The summed E-state index contributed by atoms with van der Waals surface area (Å²) in [5.41, 5.74) is 0. The number of pyridine rings is 1. The zero-order valence-corrected chi connectivity index (χ0v) is 8.40. The van der Waals surface area contributed by atoms with Crippen LogP contribution in [0, 0.1) is 0 Å². The Bertz CT molecular complexity index is 238. The maximum absolute atomic E-state index is 5.08. The second kappa shape index (κ2) is 4.82. The molecule has 0 aliphatic carbocycles. The van der Waals surface area contributed by atoms with Crippen molar-refractivity contribution in [2.45, 2.75) is 13.0 Å². The normalized spacial score (nSPS) is 12.5. The van der Waals surface area contributed by atoms with Gasteiger partial charge in [0, 0.05) is 20.4 Å². The minimum absolute atomic E-state index is 0.347. The molecule has 72 valence electrons. The summed E-state index contributed by atoms with van der Waals surface area (Å²) in [7, 11) is 3.73. The fourth-order valence-corrected chi connectivity index (χ4v) is 1.14. The lowest BCUT2D eigenvalue weighted by atomic mass is 10.3. The first-order chi connectivity index (χ1) is 6.25. The number of nitrogens with zero attached hydrogens (tertiary/aromatic N) is 2. The van der Waals surface area contributed by atoms with E-state index in [2.05, 4.69) is 16.8 Å². The average molecular weight is 180 g/mol. The van der Waals surface area contributed by atoms with E-state index in [0.717, 1.165) is 5.82 Å². The fraction of sp³-hybridized carbons (Fsp3) is 0.500. The van der Waals surface area contributed by atoms with Crippen molar-refractivity contribution in [3.05, 3.63) is 24.4 Å². The van der Waals surface area contributed by atoms with Gasteiger partial charge >= 0.3 is 0 Å². The van der Waals surface area contributed by atoms with Crippen LogP contribution in [-0.2, 0) is 4.74 Å². The van der Waals surface area contributed by atoms with E-state index in [9.17, 15) is 0 Å². The SMILES string of the molecule is COC[C@H](C)N(C)c1ccccn1. The molecule has 0 aliphatic rings. The summed E-state index contributed by atoms with van der Waals surface area (Å²) < 4.78 is 5.08. The first kappa shape index (κ1) is 9.99. The molecule has 0 bridgehead atoms. The molecule has 0 amide bonds. The number of hydrogen-bond donors (Lipinski definition) is 0. The van der Waals surface area contributed by atoms with Crippen LogP contribution in [0.2, 0.25) is 0 Å². The molecular weight excluding hydrogens is 164 g/mol. The summed E-state index contributed by atoms with van der Waals surface area (Å²) in [5.74, 6) is 0.979. The van der Waals surface area contributed by atoms with Gasteiger partial charge in [0.1, 0.15) is 5.82 Å². The number of ether oxygens (including phenoxy) is 1. The molecule has 1 aromatic rings. The molecule has 0 radical (unpaired) electrons. The first-order valence-electron chi connectivity index (χ1n) is 4.38. The van der Waals surface area contributed by atoms with Gasteiger partial charge in [-0.25, -0.2) is 4.98 Å². The van der Waals surface area contributed by atoms with Crippen LogP contribution in [0.4, 0.5) is 5.82 Å². The average Bonchev–Trinajstić information content (AvgIpc) is 2.18. The van der Waals surface area contributed by atoms with Crippen LogP contribution in [0.25, 0.3) is 0 Å². The van der Waals surface area contributed by atoms with Crippen LogP contribution in [-0.4, -0.2) is 31.8 Å². The van der Waals surface area contributed by atoms with Crippen molar-refractivity contribution in [1.82, 2.24) is 4.98 Å². The molecule has 0 aromatic carbocycles. The minimum Gasteiger partial charge on any atom is -0.383 e. The zero-order valence-electron chi connectivity index (χ0n) is 8.40. The Morgan fingerprint density at radius 1 is 1.54 bits per heavy atom. The van der Waals surface area contributed by atoms with Crippen LogP contribution in [0.1, 0.15) is 6.92 Å². The topological polar surface area (TPSA) is 25.4 Å². The van der Waals surface area contributed by atoms with Crippen LogP contribution in [0.3, 0.4) is 0 Å². The fourth-order valence-electron chi connectivity index (χ4n) is 1.14. The third-order valence-corrected chi connectivity index (χ3v) is 2.08. The van der Waals surface area contributed by atoms with Gasteiger partial charge in [-0.1, -0.05) is 6.07 Å². The molecule has 1 heterocycles. The highest BCUT2D eigenvalue weighted by molar-refractivity contribution is 5.37. The quantitative estimate of drug-likeness (QED) is 0.703. The zero-order chi connectivity index (χ0) is 9.68. The van der Waals surface area contributed by atoms with E-state index in [4.69, 9.17) is 4.74 Å². The highest BCUT2D eigenvalue weighted by Gasteiger charge is 2.09. The number of hydrogen-bond acceptors (Lipinski definition) is 3. The summed E-state index contributed by atoms with van der Waals surface area (Å²) in [6.45, 7) is 2.82. The molecule has 1 atom stereocenters. The third kappa shape index (κ3) is 2.70. The Morgan fingerprint density at radius 3 is 2.85 bits per heavy atom. The molecule has 0 spiro atoms. The maximum Gasteiger partial charge on any atom is 0.128 e. The summed E-state index contributed by atoms with van der Waals surface area (Å²) in [6.07, 6.45) is 1.80. The number of likely N-dealkylation sites (N-methyl/N-ethyl adjacent to an activating group) is 1. The van der Waals surface area contributed by atoms with Crippen molar-refractivity contribution in [3.8, 4) is 0 Å². The van der Waals surface area contributed by atoms with E-state index < -0.39 is 0 Å². The highest BCUT2D eigenvalue weighted by atomic mass is 16.5. The van der Waals surface area contributed by atoms with Crippen LogP contribution >= 0.6 is 0 Å². The molecule has 1 rings (SSSR count). The first-order valence-corrected chi connectivity index (χ1v) is 4.38. The van der Waals surface area contributed by atoms with Gasteiger partial charge in [0.2, 0.25) is 0 Å². The van der Waals surface area contributed by atoms with Crippen LogP contribution in [0.5, 0.6) is 0 Å². The molecule has 3 nitrogen and oxygen atoms in total. The van der Waals surface area contributed by atoms with Gasteiger partial charge in [-0.2, -0.15) is 0 Å². The Labute approximate surface area is 79.3 Å².